The van der Waals surface area contributed by atoms with E-state index in [4.69, 9.17) is 0 Å². The van der Waals surface area contributed by atoms with E-state index in [-0.39, 0.29) is 12.4 Å². The highest BCUT2D eigenvalue weighted by atomic mass is 35.5. The van der Waals surface area contributed by atoms with Crippen molar-refractivity contribution in [2.45, 2.75) is 0 Å². The summed E-state index contributed by atoms with van der Waals surface area (Å²) < 4.78 is 0. The van der Waals surface area contributed by atoms with Crippen LogP contribution in [0.1, 0.15) is 0 Å². The Morgan fingerprint density at radius 2 is 2.33 bits per heavy atom. The molecule has 0 spiro atoms. The fraction of sp³-hybridized carbons (Fsp3) is 1.00. The predicted molar refractivity (Wildman–Crippen MR) is 32.6 cm³/mol. The van der Waals surface area contributed by atoms with Crippen molar-refractivity contribution in [2.24, 2.45) is 0 Å². The first-order valence-electron chi connectivity index (χ1n) is 1.78. The van der Waals surface area contributed by atoms with Crippen molar-refractivity contribution in [1.82, 2.24) is 5.32 Å². The quantitative estimate of drug-likeness (QED) is 0.512. The monoisotopic (exact) mass is 125 g/mol. The van der Waals surface area contributed by atoms with Crippen molar-refractivity contribution in [3.8, 4) is 0 Å². The zero-order valence-corrected chi connectivity index (χ0v) is 5.07. The average molecular weight is 126 g/mol. The molecule has 0 bridgehead atoms. The lowest BCUT2D eigenvalue weighted by molar-refractivity contribution is 0.885. The maximum absolute atomic E-state index is 3.19. The highest BCUT2D eigenvalue weighted by Crippen LogP contribution is 1.99. The molecule has 3 heteroatoms. The maximum Gasteiger partial charge on any atom is 0.0418 e. The van der Waals surface area contributed by atoms with E-state index in [0.29, 0.717) is 0 Å². The number of thioether (sulfide) groups is 1. The minimum absolute atomic E-state index is 0. The Balaban J connectivity index is 0.000000250. The number of halogens is 1. The van der Waals surface area contributed by atoms with E-state index in [1.165, 1.54) is 18.2 Å². The summed E-state index contributed by atoms with van der Waals surface area (Å²) in [6.45, 7) is 1.21. The van der Waals surface area contributed by atoms with Crippen LogP contribution in [-0.2, 0) is 0 Å². The van der Waals surface area contributed by atoms with Gasteiger partial charge in [0.1, 0.15) is 0 Å². The van der Waals surface area contributed by atoms with E-state index in [2.05, 4.69) is 5.32 Å². The molecule has 1 saturated heterocycles. The summed E-state index contributed by atoms with van der Waals surface area (Å²) in [5.41, 5.74) is 0. The second kappa shape index (κ2) is 3.78. The molecule has 1 fully saturated rings. The fourth-order valence-corrected chi connectivity index (χ4v) is 1.08. The largest absolute Gasteiger partial charge is 0.307 e. The van der Waals surface area contributed by atoms with Crippen LogP contribution in [0.25, 0.3) is 0 Å². The summed E-state index contributed by atoms with van der Waals surface area (Å²) in [5.74, 6) is 2.47. The zero-order valence-electron chi connectivity index (χ0n) is 3.44. The lowest BCUT2D eigenvalue weighted by atomic mass is 10.8. The molecular weight excluding hydrogens is 118 g/mol. The molecule has 1 N–H and O–H groups in total. The fourth-order valence-electron chi connectivity index (χ4n) is 0.361. The molecule has 1 nitrogen and oxygen atoms in total. The number of rotatable bonds is 0. The molecule has 1 aliphatic rings. The van der Waals surface area contributed by atoms with Gasteiger partial charge in [-0.05, 0) is 0 Å². The molecule has 1 aliphatic heterocycles. The third kappa shape index (κ3) is 1.90. The number of hydrogen-bond acceptors (Lipinski definition) is 2. The topological polar surface area (TPSA) is 12.0 Å². The Bertz CT molecular complexity index is 22.4. The Morgan fingerprint density at radius 3 is 2.50 bits per heavy atom. The van der Waals surface area contributed by atoms with Crippen LogP contribution in [-0.4, -0.2) is 18.2 Å². The highest BCUT2D eigenvalue weighted by molar-refractivity contribution is 7.99. The van der Waals surface area contributed by atoms with Gasteiger partial charge in [-0.1, -0.05) is 0 Å². The van der Waals surface area contributed by atoms with Gasteiger partial charge in [-0.2, -0.15) is 0 Å². The molecule has 0 atom stereocenters. The van der Waals surface area contributed by atoms with Gasteiger partial charge in [0.05, 0.1) is 0 Å². The summed E-state index contributed by atoms with van der Waals surface area (Å²) in [6.07, 6.45) is 0. The minimum Gasteiger partial charge on any atom is -0.307 e. The van der Waals surface area contributed by atoms with E-state index in [9.17, 15) is 0 Å². The SMILES string of the molecule is C1CSCN1.Cl. The smallest absolute Gasteiger partial charge is 0.0418 e. The lowest BCUT2D eigenvalue weighted by Crippen LogP contribution is -2.04. The van der Waals surface area contributed by atoms with Gasteiger partial charge in [0.15, 0.2) is 0 Å². The van der Waals surface area contributed by atoms with Crippen molar-refractivity contribution in [1.29, 1.82) is 0 Å². The van der Waals surface area contributed by atoms with Crippen LogP contribution < -0.4 is 5.32 Å². The Kier molecular flexibility index (Phi) is 4.16. The van der Waals surface area contributed by atoms with Crippen LogP contribution in [0, 0.1) is 0 Å². The summed E-state index contributed by atoms with van der Waals surface area (Å²) >= 11 is 1.96. The maximum atomic E-state index is 3.19. The van der Waals surface area contributed by atoms with Crippen LogP contribution in [0.5, 0.6) is 0 Å². The first-order valence-corrected chi connectivity index (χ1v) is 2.94. The van der Waals surface area contributed by atoms with Gasteiger partial charge in [0.25, 0.3) is 0 Å². The van der Waals surface area contributed by atoms with Crippen LogP contribution in [0.15, 0.2) is 0 Å². The van der Waals surface area contributed by atoms with E-state index in [0.717, 1.165) is 0 Å². The van der Waals surface area contributed by atoms with Crippen molar-refractivity contribution in [2.75, 3.05) is 18.2 Å². The van der Waals surface area contributed by atoms with E-state index in [1.807, 2.05) is 11.8 Å². The second-order valence-corrected chi connectivity index (χ2v) is 2.16. The highest BCUT2D eigenvalue weighted by Gasteiger charge is 1.93. The average Bonchev–Trinajstić information content (AvgIpc) is 1.76. The first kappa shape index (κ1) is 6.60. The van der Waals surface area contributed by atoms with Gasteiger partial charge < -0.3 is 5.32 Å². The molecule has 0 aromatic rings. The molecule has 1 heterocycles. The Morgan fingerprint density at radius 1 is 1.50 bits per heavy atom. The normalized spacial score (nSPS) is 20.0. The Hall–Kier alpha value is 0.600. The molecule has 1 rings (SSSR count). The van der Waals surface area contributed by atoms with Gasteiger partial charge in [0.2, 0.25) is 0 Å². The van der Waals surface area contributed by atoms with Gasteiger partial charge in [0, 0.05) is 18.2 Å². The van der Waals surface area contributed by atoms with Crippen LogP contribution in [0.4, 0.5) is 0 Å². The van der Waals surface area contributed by atoms with E-state index in [1.54, 1.807) is 0 Å². The third-order valence-corrected chi connectivity index (χ3v) is 1.53. The molecule has 0 radical (unpaired) electrons. The summed E-state index contributed by atoms with van der Waals surface area (Å²) in [5, 5.41) is 3.19. The van der Waals surface area contributed by atoms with Crippen molar-refractivity contribution in [3.05, 3.63) is 0 Å². The number of hydrogen-bond donors (Lipinski definition) is 1. The van der Waals surface area contributed by atoms with Crippen LogP contribution in [0.3, 0.4) is 0 Å². The standard InChI is InChI=1S/C3H7NS.ClH/c1-2-5-3-4-1;/h4H,1-3H2;1H. The van der Waals surface area contributed by atoms with Gasteiger partial charge in [-0.3, -0.25) is 0 Å². The van der Waals surface area contributed by atoms with Crippen LogP contribution in [0.2, 0.25) is 0 Å². The first-order chi connectivity index (χ1) is 2.50. The van der Waals surface area contributed by atoms with Crippen molar-refractivity contribution in [3.63, 3.8) is 0 Å². The lowest BCUT2D eigenvalue weighted by Gasteiger charge is -1.74. The Labute approximate surface area is 48.3 Å². The molecule has 0 saturated carbocycles. The van der Waals surface area contributed by atoms with E-state index >= 15 is 0 Å². The molecule has 6 heavy (non-hydrogen) atoms. The van der Waals surface area contributed by atoms with E-state index < -0.39 is 0 Å². The zero-order chi connectivity index (χ0) is 3.54. The van der Waals surface area contributed by atoms with Crippen molar-refractivity contribution < 1.29 is 0 Å². The molecule has 0 amide bonds. The minimum atomic E-state index is 0. The van der Waals surface area contributed by atoms with Crippen LogP contribution >= 0.6 is 24.2 Å². The van der Waals surface area contributed by atoms with Gasteiger partial charge >= 0.3 is 0 Å². The predicted octanol–water partition coefficient (Wildman–Crippen LogP) is 0.702. The third-order valence-electron chi connectivity index (χ3n) is 0.627. The molecule has 0 aromatic heterocycles. The summed E-state index contributed by atoms with van der Waals surface area (Å²) in [6, 6.07) is 0. The molecule has 0 unspecified atom stereocenters. The second-order valence-electron chi connectivity index (χ2n) is 1.05. The summed E-state index contributed by atoms with van der Waals surface area (Å²) in [4.78, 5) is 0. The van der Waals surface area contributed by atoms with Crippen molar-refractivity contribution >= 4 is 24.2 Å². The number of nitrogens with one attached hydrogen (secondary N) is 1. The van der Waals surface area contributed by atoms with Gasteiger partial charge in [-0.25, -0.2) is 0 Å². The molecule has 0 aliphatic carbocycles. The molecule has 0 aromatic carbocycles. The van der Waals surface area contributed by atoms with Gasteiger partial charge in [-0.15, -0.1) is 24.2 Å². The molecule has 38 valence electrons. The summed E-state index contributed by atoms with van der Waals surface area (Å²) in [7, 11) is 0. The molecular formula is C3H8ClNS.